The van der Waals surface area contributed by atoms with Crippen LogP contribution >= 0.6 is 12.2 Å². The molecular formula is C14H21N3O2S2. The van der Waals surface area contributed by atoms with Crippen LogP contribution in [0.3, 0.4) is 0 Å². The van der Waals surface area contributed by atoms with Crippen LogP contribution in [-0.4, -0.2) is 26.1 Å². The Morgan fingerprint density at radius 1 is 1.38 bits per heavy atom. The number of benzene rings is 1. The molecule has 0 fully saturated rings. The molecule has 3 N–H and O–H groups in total. The minimum atomic E-state index is -3.47. The van der Waals surface area contributed by atoms with E-state index >= 15 is 0 Å². The molecule has 1 aromatic rings. The lowest BCUT2D eigenvalue weighted by Crippen LogP contribution is -2.32. The molecule has 21 heavy (non-hydrogen) atoms. The number of nitrogens with one attached hydrogen (secondary N) is 3. The molecule has 1 unspecified atom stereocenters. The summed E-state index contributed by atoms with van der Waals surface area (Å²) in [5.74, 6) is 0. The molecule has 0 radical (unpaired) electrons. The van der Waals surface area contributed by atoms with Gasteiger partial charge in [0, 0.05) is 18.3 Å². The molecule has 0 aliphatic heterocycles. The number of rotatable bonds is 7. The highest BCUT2D eigenvalue weighted by molar-refractivity contribution is 7.89. The molecule has 0 bridgehead atoms. The van der Waals surface area contributed by atoms with Crippen LogP contribution in [0.5, 0.6) is 0 Å². The summed E-state index contributed by atoms with van der Waals surface area (Å²) in [4.78, 5) is 0.235. The highest BCUT2D eigenvalue weighted by atomic mass is 32.2. The van der Waals surface area contributed by atoms with E-state index in [2.05, 4.69) is 21.9 Å². The van der Waals surface area contributed by atoms with Gasteiger partial charge in [-0.3, -0.25) is 0 Å². The smallest absolute Gasteiger partial charge is 0.240 e. The molecule has 0 aliphatic rings. The second-order valence-electron chi connectivity index (χ2n) is 4.58. The number of hydrogen-bond donors (Lipinski definition) is 3. The first-order valence-corrected chi connectivity index (χ1v) is 8.56. The zero-order valence-electron chi connectivity index (χ0n) is 12.2. The zero-order valence-corrected chi connectivity index (χ0v) is 13.9. The van der Waals surface area contributed by atoms with Crippen molar-refractivity contribution < 1.29 is 8.42 Å². The molecule has 0 aliphatic carbocycles. The van der Waals surface area contributed by atoms with E-state index in [1.54, 1.807) is 30.3 Å². The lowest BCUT2D eigenvalue weighted by molar-refractivity contribution is 0.556. The van der Waals surface area contributed by atoms with Crippen molar-refractivity contribution in [3.8, 4) is 0 Å². The van der Waals surface area contributed by atoms with Crippen molar-refractivity contribution in [2.45, 2.75) is 31.2 Å². The van der Waals surface area contributed by atoms with Crippen molar-refractivity contribution in [3.63, 3.8) is 0 Å². The van der Waals surface area contributed by atoms with Gasteiger partial charge in [-0.25, -0.2) is 13.1 Å². The number of hydrogen-bond acceptors (Lipinski definition) is 3. The summed E-state index contributed by atoms with van der Waals surface area (Å²) < 4.78 is 26.8. The second-order valence-corrected chi connectivity index (χ2v) is 6.70. The van der Waals surface area contributed by atoms with E-state index in [-0.39, 0.29) is 10.9 Å². The van der Waals surface area contributed by atoms with Gasteiger partial charge in [0.1, 0.15) is 0 Å². The second kappa shape index (κ2) is 8.11. The van der Waals surface area contributed by atoms with Crippen molar-refractivity contribution in [1.82, 2.24) is 10.0 Å². The molecule has 1 aromatic carbocycles. The predicted octanol–water partition coefficient (Wildman–Crippen LogP) is 2.24. The van der Waals surface area contributed by atoms with Crippen molar-refractivity contribution in [1.29, 1.82) is 0 Å². The van der Waals surface area contributed by atoms with Crippen LogP contribution in [0.1, 0.15) is 20.3 Å². The Morgan fingerprint density at radius 3 is 2.52 bits per heavy atom. The first-order valence-electron chi connectivity index (χ1n) is 6.67. The van der Waals surface area contributed by atoms with Crippen LogP contribution in [0.15, 0.2) is 41.8 Å². The van der Waals surface area contributed by atoms with Crippen molar-refractivity contribution >= 4 is 33.0 Å². The third-order valence-electron chi connectivity index (χ3n) is 2.80. The van der Waals surface area contributed by atoms with Crippen LogP contribution in [-0.2, 0) is 10.0 Å². The SMILES string of the molecule is C=CCNC(=S)Nc1ccc(S(=O)(=O)NC(C)CC)cc1. The molecule has 5 nitrogen and oxygen atoms in total. The Kier molecular flexibility index (Phi) is 6.80. The summed E-state index contributed by atoms with van der Waals surface area (Å²) in [6.07, 6.45) is 2.44. The van der Waals surface area contributed by atoms with Crippen molar-refractivity contribution in [2.75, 3.05) is 11.9 Å². The average molecular weight is 327 g/mol. The average Bonchev–Trinajstić information content (AvgIpc) is 2.45. The van der Waals surface area contributed by atoms with Gasteiger partial charge in [0.25, 0.3) is 0 Å². The third kappa shape index (κ3) is 5.82. The lowest BCUT2D eigenvalue weighted by Gasteiger charge is -2.13. The molecule has 0 spiro atoms. The van der Waals surface area contributed by atoms with E-state index in [4.69, 9.17) is 12.2 Å². The van der Waals surface area contributed by atoms with E-state index in [1.165, 1.54) is 0 Å². The van der Waals surface area contributed by atoms with Gasteiger partial charge >= 0.3 is 0 Å². The van der Waals surface area contributed by atoms with Gasteiger partial charge in [-0.15, -0.1) is 6.58 Å². The summed E-state index contributed by atoms with van der Waals surface area (Å²) in [5, 5.41) is 6.36. The van der Waals surface area contributed by atoms with E-state index in [0.29, 0.717) is 11.7 Å². The first kappa shape index (κ1) is 17.6. The lowest BCUT2D eigenvalue weighted by atomic mass is 10.3. The van der Waals surface area contributed by atoms with Gasteiger partial charge in [0.2, 0.25) is 10.0 Å². The summed E-state index contributed by atoms with van der Waals surface area (Å²) in [6.45, 7) is 7.91. The largest absolute Gasteiger partial charge is 0.359 e. The van der Waals surface area contributed by atoms with E-state index in [0.717, 1.165) is 12.1 Å². The van der Waals surface area contributed by atoms with Gasteiger partial charge in [-0.05, 0) is 49.8 Å². The Hall–Kier alpha value is -1.44. The summed E-state index contributed by atoms with van der Waals surface area (Å²) in [5.41, 5.74) is 0.721. The predicted molar refractivity (Wildman–Crippen MR) is 90.9 cm³/mol. The maximum atomic E-state index is 12.1. The molecule has 0 saturated carbocycles. The highest BCUT2D eigenvalue weighted by Gasteiger charge is 2.16. The standard InChI is InChI=1S/C14H21N3O2S2/c1-4-10-15-14(20)16-12-6-8-13(9-7-12)21(18,19)17-11(3)5-2/h4,6-9,11,17H,1,5,10H2,2-3H3,(H2,15,16,20). The fourth-order valence-electron chi connectivity index (χ4n) is 1.47. The Bertz CT molecular complexity index is 583. The molecule has 0 amide bonds. The van der Waals surface area contributed by atoms with Gasteiger partial charge in [-0.1, -0.05) is 13.0 Å². The van der Waals surface area contributed by atoms with Crippen LogP contribution in [0.25, 0.3) is 0 Å². The van der Waals surface area contributed by atoms with E-state index in [1.807, 2.05) is 13.8 Å². The molecule has 0 saturated heterocycles. The summed E-state index contributed by atoms with van der Waals surface area (Å²) in [6, 6.07) is 6.34. The molecular weight excluding hydrogens is 306 g/mol. The molecule has 0 aromatic heterocycles. The Morgan fingerprint density at radius 2 is 2.00 bits per heavy atom. The maximum Gasteiger partial charge on any atom is 0.240 e. The fraction of sp³-hybridized carbons (Fsp3) is 0.357. The van der Waals surface area contributed by atoms with E-state index < -0.39 is 10.0 Å². The van der Waals surface area contributed by atoms with Gasteiger partial charge in [-0.2, -0.15) is 0 Å². The number of thiocarbonyl (C=S) groups is 1. The van der Waals surface area contributed by atoms with Crippen molar-refractivity contribution in [3.05, 3.63) is 36.9 Å². The van der Waals surface area contributed by atoms with Crippen molar-refractivity contribution in [2.24, 2.45) is 0 Å². The number of sulfonamides is 1. The van der Waals surface area contributed by atoms with Crippen LogP contribution < -0.4 is 15.4 Å². The van der Waals surface area contributed by atoms with Gasteiger partial charge in [0.15, 0.2) is 5.11 Å². The van der Waals surface area contributed by atoms with Crippen LogP contribution in [0.4, 0.5) is 5.69 Å². The molecule has 1 atom stereocenters. The molecule has 116 valence electrons. The Labute approximate surface area is 131 Å². The normalized spacial score (nSPS) is 12.5. The highest BCUT2D eigenvalue weighted by Crippen LogP contribution is 2.14. The molecule has 0 heterocycles. The molecule has 1 rings (SSSR count). The third-order valence-corrected chi connectivity index (χ3v) is 4.65. The number of anilines is 1. The summed E-state index contributed by atoms with van der Waals surface area (Å²) in [7, 11) is -3.47. The quantitative estimate of drug-likeness (QED) is 0.529. The van der Waals surface area contributed by atoms with E-state index in [9.17, 15) is 8.42 Å². The van der Waals surface area contributed by atoms with Gasteiger partial charge in [0.05, 0.1) is 4.90 Å². The van der Waals surface area contributed by atoms with Crippen LogP contribution in [0, 0.1) is 0 Å². The fourth-order valence-corrected chi connectivity index (χ4v) is 3.00. The topological polar surface area (TPSA) is 70.2 Å². The minimum absolute atomic E-state index is 0.0940. The minimum Gasteiger partial charge on any atom is -0.359 e. The van der Waals surface area contributed by atoms with Crippen LogP contribution in [0.2, 0.25) is 0 Å². The molecule has 7 heteroatoms. The Balaban J connectivity index is 2.73. The first-order chi connectivity index (χ1) is 9.89. The summed E-state index contributed by atoms with van der Waals surface area (Å²) >= 11 is 5.08. The maximum absolute atomic E-state index is 12.1. The van der Waals surface area contributed by atoms with Gasteiger partial charge < -0.3 is 10.6 Å². The monoisotopic (exact) mass is 327 g/mol. The zero-order chi connectivity index (χ0) is 15.9.